The number of nitrogens with zero attached hydrogens (tertiary/aromatic N) is 2. The van der Waals surface area contributed by atoms with Crippen LogP contribution in [0.2, 0.25) is 5.15 Å². The topological polar surface area (TPSA) is 35.0 Å². The summed E-state index contributed by atoms with van der Waals surface area (Å²) in [6.07, 6.45) is 0.729. The van der Waals surface area contributed by atoms with Crippen LogP contribution in [-0.4, -0.2) is 9.97 Å². The van der Waals surface area contributed by atoms with Gasteiger partial charge in [-0.15, -0.1) is 0 Å². The van der Waals surface area contributed by atoms with E-state index in [0.717, 1.165) is 22.0 Å². The molecule has 0 aliphatic rings. The number of halogens is 2. The first-order chi connectivity index (χ1) is 9.10. The molecule has 100 valence electrons. The van der Waals surface area contributed by atoms with Crippen molar-refractivity contribution in [1.82, 2.24) is 9.97 Å². The molecule has 0 unspecified atom stereocenters. The summed E-state index contributed by atoms with van der Waals surface area (Å²) in [6.45, 7) is 4.30. The predicted octanol–water partition coefficient (Wildman–Crippen LogP) is 4.34. The van der Waals surface area contributed by atoms with Crippen molar-refractivity contribution in [3.05, 3.63) is 50.8 Å². The average molecular weight is 342 g/mol. The van der Waals surface area contributed by atoms with E-state index < -0.39 is 0 Å². The molecule has 1 aromatic heterocycles. The summed E-state index contributed by atoms with van der Waals surface area (Å²) in [7, 11) is 0. The van der Waals surface area contributed by atoms with E-state index in [2.05, 4.69) is 25.9 Å². The molecule has 0 aliphatic carbocycles. The molecule has 0 saturated carbocycles. The lowest BCUT2D eigenvalue weighted by Gasteiger charge is -2.10. The fraction of sp³-hybridized carbons (Fsp3) is 0.286. The van der Waals surface area contributed by atoms with Gasteiger partial charge in [-0.1, -0.05) is 46.6 Å². The quantitative estimate of drug-likeness (QED) is 0.776. The second kappa shape index (κ2) is 6.35. The fourth-order valence-corrected chi connectivity index (χ4v) is 2.21. The molecular weight excluding hydrogens is 328 g/mol. The van der Waals surface area contributed by atoms with Gasteiger partial charge in [0.05, 0.1) is 0 Å². The van der Waals surface area contributed by atoms with Crippen LogP contribution in [0.1, 0.15) is 23.9 Å². The first-order valence-corrected chi connectivity index (χ1v) is 7.17. The summed E-state index contributed by atoms with van der Waals surface area (Å²) in [5.41, 5.74) is 1.84. The number of aromatic nitrogens is 2. The standard InChI is InChI=1S/C14H14BrClN2O/c1-3-12-17-13(16)9(2)14(18-12)19-8-10-5-4-6-11(15)7-10/h4-7H,3,8H2,1-2H3. The summed E-state index contributed by atoms with van der Waals surface area (Å²) in [6, 6.07) is 7.97. The van der Waals surface area contributed by atoms with Crippen molar-refractivity contribution in [3.8, 4) is 5.88 Å². The van der Waals surface area contributed by atoms with E-state index in [1.165, 1.54) is 0 Å². The molecular formula is C14H14BrClN2O. The number of ether oxygens (including phenoxy) is 1. The lowest BCUT2D eigenvalue weighted by atomic mass is 10.2. The Morgan fingerprint density at radius 1 is 1.32 bits per heavy atom. The van der Waals surface area contributed by atoms with Crippen LogP contribution in [0.5, 0.6) is 5.88 Å². The van der Waals surface area contributed by atoms with Gasteiger partial charge in [-0.3, -0.25) is 0 Å². The third kappa shape index (κ3) is 3.67. The Morgan fingerprint density at radius 2 is 2.11 bits per heavy atom. The smallest absolute Gasteiger partial charge is 0.221 e. The SMILES string of the molecule is CCc1nc(Cl)c(C)c(OCc2cccc(Br)c2)n1. The fourth-order valence-electron chi connectivity index (χ4n) is 1.59. The van der Waals surface area contributed by atoms with E-state index >= 15 is 0 Å². The summed E-state index contributed by atoms with van der Waals surface area (Å²) >= 11 is 9.50. The van der Waals surface area contributed by atoms with Crippen LogP contribution in [0.15, 0.2) is 28.7 Å². The van der Waals surface area contributed by atoms with Crippen molar-refractivity contribution < 1.29 is 4.74 Å². The maximum atomic E-state index is 6.07. The number of benzene rings is 1. The minimum Gasteiger partial charge on any atom is -0.472 e. The van der Waals surface area contributed by atoms with Crippen molar-refractivity contribution in [2.24, 2.45) is 0 Å². The third-order valence-corrected chi connectivity index (χ3v) is 3.53. The van der Waals surface area contributed by atoms with Crippen LogP contribution in [0.4, 0.5) is 0 Å². The van der Waals surface area contributed by atoms with Crippen molar-refractivity contribution in [2.45, 2.75) is 26.9 Å². The van der Waals surface area contributed by atoms with Crippen LogP contribution >= 0.6 is 27.5 Å². The van der Waals surface area contributed by atoms with Gasteiger partial charge < -0.3 is 4.74 Å². The molecule has 0 fully saturated rings. The van der Waals surface area contributed by atoms with E-state index in [-0.39, 0.29) is 0 Å². The number of hydrogen-bond acceptors (Lipinski definition) is 3. The molecule has 1 aromatic carbocycles. The summed E-state index contributed by atoms with van der Waals surface area (Å²) in [4.78, 5) is 8.55. The lowest BCUT2D eigenvalue weighted by Crippen LogP contribution is -2.03. The normalized spacial score (nSPS) is 10.5. The van der Waals surface area contributed by atoms with Gasteiger partial charge in [-0.2, -0.15) is 4.98 Å². The largest absolute Gasteiger partial charge is 0.472 e. The van der Waals surface area contributed by atoms with Gasteiger partial charge in [-0.05, 0) is 24.6 Å². The molecule has 0 bridgehead atoms. The Hall–Kier alpha value is -1.13. The molecule has 5 heteroatoms. The van der Waals surface area contributed by atoms with E-state index in [0.29, 0.717) is 23.5 Å². The molecule has 2 aromatic rings. The summed E-state index contributed by atoms with van der Waals surface area (Å²) in [5.74, 6) is 1.25. The molecule has 2 rings (SSSR count). The van der Waals surface area contributed by atoms with Gasteiger partial charge in [0.25, 0.3) is 0 Å². The van der Waals surface area contributed by atoms with Gasteiger partial charge in [0.2, 0.25) is 5.88 Å². The number of aryl methyl sites for hydroxylation is 1. The van der Waals surface area contributed by atoms with E-state index in [1.807, 2.05) is 38.1 Å². The molecule has 0 amide bonds. The van der Waals surface area contributed by atoms with Crippen LogP contribution < -0.4 is 4.74 Å². The molecule has 0 atom stereocenters. The highest BCUT2D eigenvalue weighted by molar-refractivity contribution is 9.10. The van der Waals surface area contributed by atoms with E-state index in [4.69, 9.17) is 16.3 Å². The summed E-state index contributed by atoms with van der Waals surface area (Å²) < 4.78 is 6.77. The van der Waals surface area contributed by atoms with Crippen molar-refractivity contribution in [3.63, 3.8) is 0 Å². The lowest BCUT2D eigenvalue weighted by molar-refractivity contribution is 0.290. The van der Waals surface area contributed by atoms with Crippen molar-refractivity contribution in [1.29, 1.82) is 0 Å². The van der Waals surface area contributed by atoms with Crippen molar-refractivity contribution >= 4 is 27.5 Å². The molecule has 0 N–H and O–H groups in total. The molecule has 0 spiro atoms. The average Bonchev–Trinajstić information content (AvgIpc) is 2.40. The summed E-state index contributed by atoms with van der Waals surface area (Å²) in [5, 5.41) is 0.455. The maximum Gasteiger partial charge on any atom is 0.221 e. The molecule has 1 heterocycles. The Balaban J connectivity index is 2.17. The zero-order chi connectivity index (χ0) is 13.8. The predicted molar refractivity (Wildman–Crippen MR) is 79.6 cm³/mol. The van der Waals surface area contributed by atoms with Gasteiger partial charge in [0.1, 0.15) is 17.6 Å². The van der Waals surface area contributed by atoms with Gasteiger partial charge in [0, 0.05) is 16.5 Å². The van der Waals surface area contributed by atoms with Gasteiger partial charge >= 0.3 is 0 Å². The van der Waals surface area contributed by atoms with Gasteiger partial charge in [0.15, 0.2) is 0 Å². The first-order valence-electron chi connectivity index (χ1n) is 6.00. The number of hydrogen-bond donors (Lipinski definition) is 0. The second-order valence-corrected chi connectivity index (χ2v) is 5.41. The van der Waals surface area contributed by atoms with Crippen LogP contribution in [0.3, 0.4) is 0 Å². The van der Waals surface area contributed by atoms with Crippen LogP contribution in [-0.2, 0) is 13.0 Å². The second-order valence-electron chi connectivity index (χ2n) is 4.13. The Labute approximate surface area is 126 Å². The van der Waals surface area contributed by atoms with Crippen LogP contribution in [0.25, 0.3) is 0 Å². The first kappa shape index (κ1) is 14.3. The molecule has 0 aliphatic heterocycles. The van der Waals surface area contributed by atoms with E-state index in [1.54, 1.807) is 0 Å². The minimum absolute atomic E-state index is 0.455. The zero-order valence-electron chi connectivity index (χ0n) is 10.8. The Kier molecular flexibility index (Phi) is 4.77. The monoisotopic (exact) mass is 340 g/mol. The van der Waals surface area contributed by atoms with Gasteiger partial charge in [-0.25, -0.2) is 4.98 Å². The third-order valence-electron chi connectivity index (χ3n) is 2.67. The molecule has 0 radical (unpaired) electrons. The van der Waals surface area contributed by atoms with E-state index in [9.17, 15) is 0 Å². The highest BCUT2D eigenvalue weighted by atomic mass is 79.9. The highest BCUT2D eigenvalue weighted by Gasteiger charge is 2.10. The Morgan fingerprint density at radius 3 is 2.79 bits per heavy atom. The highest BCUT2D eigenvalue weighted by Crippen LogP contribution is 2.23. The zero-order valence-corrected chi connectivity index (χ0v) is 13.1. The number of rotatable bonds is 4. The molecule has 0 saturated heterocycles. The molecule has 19 heavy (non-hydrogen) atoms. The Bertz CT molecular complexity index is 590. The minimum atomic E-state index is 0.455. The maximum absolute atomic E-state index is 6.07. The van der Waals surface area contributed by atoms with Crippen LogP contribution in [0, 0.1) is 6.92 Å². The molecule has 3 nitrogen and oxygen atoms in total. The van der Waals surface area contributed by atoms with Crippen molar-refractivity contribution in [2.75, 3.05) is 0 Å².